The fourth-order valence-corrected chi connectivity index (χ4v) is 5.46. The molecule has 3 heteroatoms. The van der Waals surface area contributed by atoms with E-state index in [1.165, 1.54) is 0 Å². The van der Waals surface area contributed by atoms with E-state index in [1.807, 2.05) is 0 Å². The van der Waals surface area contributed by atoms with Gasteiger partial charge in [-0.05, 0) is 52.4 Å². The number of aliphatic hydroxyl groups is 1. The first-order valence-corrected chi connectivity index (χ1v) is 13.8. The van der Waals surface area contributed by atoms with Crippen LogP contribution in [0.15, 0.2) is 24.3 Å². The first-order chi connectivity index (χ1) is 15.4. The maximum atomic E-state index is 12.5. The van der Waals surface area contributed by atoms with Crippen molar-refractivity contribution in [3.8, 4) is 0 Å². The molecule has 0 aliphatic carbocycles. The Morgan fingerprint density at radius 2 is 1.00 bits per heavy atom. The number of nitrogens with two attached hydrogens (primary N) is 2. The van der Waals surface area contributed by atoms with E-state index in [-0.39, 0.29) is 22.9 Å². The van der Waals surface area contributed by atoms with Gasteiger partial charge in [-0.1, -0.05) is 103 Å². The third-order valence-corrected chi connectivity index (χ3v) is 7.76. The van der Waals surface area contributed by atoms with E-state index in [1.54, 1.807) is 0 Å². The van der Waals surface area contributed by atoms with Crippen LogP contribution in [0.3, 0.4) is 0 Å². The summed E-state index contributed by atoms with van der Waals surface area (Å²) in [6, 6.07) is -0.0460. The molecule has 32 heavy (non-hydrogen) atoms. The molecule has 190 valence electrons. The molecule has 0 aromatic carbocycles. The molecule has 3 nitrogen and oxygen atoms in total. The maximum Gasteiger partial charge on any atom is 0.0688 e. The van der Waals surface area contributed by atoms with E-state index >= 15 is 0 Å². The van der Waals surface area contributed by atoms with Crippen molar-refractivity contribution in [2.45, 2.75) is 150 Å². The SMILES string of the molecule is C/C=C/CC(CCCC)(C(N)CCCC)C(O)C(C/C=C/C)(CCCC)C(N)CCCC. The molecule has 4 unspecified atom stereocenters. The van der Waals surface area contributed by atoms with Crippen molar-refractivity contribution in [2.24, 2.45) is 22.3 Å². The highest BCUT2D eigenvalue weighted by atomic mass is 16.3. The zero-order valence-corrected chi connectivity index (χ0v) is 22.5. The van der Waals surface area contributed by atoms with Gasteiger partial charge in [-0.25, -0.2) is 0 Å². The number of aliphatic hydroxyl groups excluding tert-OH is 1. The lowest BCUT2D eigenvalue weighted by molar-refractivity contribution is -0.107. The summed E-state index contributed by atoms with van der Waals surface area (Å²) in [6.07, 6.45) is 22.6. The molecular weight excluding hydrogens is 392 g/mol. The van der Waals surface area contributed by atoms with Gasteiger partial charge in [-0.15, -0.1) is 0 Å². The van der Waals surface area contributed by atoms with Gasteiger partial charge >= 0.3 is 0 Å². The molecule has 0 spiro atoms. The van der Waals surface area contributed by atoms with Gasteiger partial charge in [-0.2, -0.15) is 0 Å². The van der Waals surface area contributed by atoms with Gasteiger partial charge in [0.1, 0.15) is 0 Å². The number of unbranched alkanes of at least 4 members (excludes halogenated alkanes) is 4. The van der Waals surface area contributed by atoms with E-state index in [0.29, 0.717) is 0 Å². The van der Waals surface area contributed by atoms with Gasteiger partial charge < -0.3 is 16.6 Å². The predicted octanol–water partition coefficient (Wildman–Crippen LogP) is 7.67. The average Bonchev–Trinajstić information content (AvgIpc) is 2.81. The summed E-state index contributed by atoms with van der Waals surface area (Å²) in [5.41, 5.74) is 13.4. The topological polar surface area (TPSA) is 72.3 Å². The van der Waals surface area contributed by atoms with Crippen LogP contribution in [0.1, 0.15) is 131 Å². The summed E-state index contributed by atoms with van der Waals surface area (Å²) in [4.78, 5) is 0. The minimum absolute atomic E-state index is 0.0230. The van der Waals surface area contributed by atoms with Crippen LogP contribution in [-0.4, -0.2) is 23.3 Å². The Kier molecular flexibility index (Phi) is 17.4. The molecule has 0 aromatic heterocycles. The van der Waals surface area contributed by atoms with Crippen molar-refractivity contribution in [3.05, 3.63) is 24.3 Å². The highest BCUT2D eigenvalue weighted by Crippen LogP contribution is 2.50. The maximum absolute atomic E-state index is 12.5. The normalized spacial score (nSPS) is 19.2. The second kappa shape index (κ2) is 17.8. The average molecular weight is 451 g/mol. The quantitative estimate of drug-likeness (QED) is 0.167. The Morgan fingerprint density at radius 1 is 0.656 bits per heavy atom. The molecule has 0 aromatic rings. The zero-order chi connectivity index (χ0) is 24.5. The van der Waals surface area contributed by atoms with E-state index in [2.05, 4.69) is 65.8 Å². The molecule has 0 fully saturated rings. The smallest absolute Gasteiger partial charge is 0.0688 e. The van der Waals surface area contributed by atoms with Crippen LogP contribution >= 0.6 is 0 Å². The Bertz CT molecular complexity index is 459. The van der Waals surface area contributed by atoms with Gasteiger partial charge in [-0.3, -0.25) is 0 Å². The molecule has 0 saturated heterocycles. The van der Waals surface area contributed by atoms with E-state index in [0.717, 1.165) is 89.9 Å². The third kappa shape index (κ3) is 8.95. The van der Waals surface area contributed by atoms with Gasteiger partial charge in [0.2, 0.25) is 0 Å². The first kappa shape index (κ1) is 31.4. The molecule has 0 radical (unpaired) electrons. The summed E-state index contributed by atoms with van der Waals surface area (Å²) in [7, 11) is 0. The predicted molar refractivity (Wildman–Crippen MR) is 144 cm³/mol. The fourth-order valence-electron chi connectivity index (χ4n) is 5.46. The molecule has 0 heterocycles. The molecule has 0 rings (SSSR count). The fraction of sp³-hybridized carbons (Fsp3) is 0.862. The number of rotatable bonds is 20. The lowest BCUT2D eigenvalue weighted by Gasteiger charge is -2.53. The van der Waals surface area contributed by atoms with Gasteiger partial charge in [0, 0.05) is 22.9 Å². The van der Waals surface area contributed by atoms with E-state index < -0.39 is 6.10 Å². The van der Waals surface area contributed by atoms with Crippen molar-refractivity contribution in [1.82, 2.24) is 0 Å². The standard InChI is InChI=1S/C29H58N2O/c1-7-13-19-25(30)28(21-15-9-3,22-16-10-4)27(32)29(23-17-11-5,24-18-12-6)26(31)20-14-8-2/h9,11,15,17,25-27,32H,7-8,10,12-14,16,18-24,30-31H2,1-6H3/b15-9+,17-11+. The van der Waals surface area contributed by atoms with Crippen LogP contribution in [0.4, 0.5) is 0 Å². The molecule has 0 amide bonds. The Balaban J connectivity index is 6.65. The summed E-state index contributed by atoms with van der Waals surface area (Å²) >= 11 is 0. The minimum atomic E-state index is -0.515. The number of hydrogen-bond donors (Lipinski definition) is 3. The molecule has 5 N–H and O–H groups in total. The summed E-state index contributed by atoms with van der Waals surface area (Å²) in [5, 5.41) is 12.5. The Labute approximate surface area is 201 Å². The minimum Gasteiger partial charge on any atom is -0.392 e. The molecule has 0 aliphatic rings. The Hall–Kier alpha value is -0.640. The lowest BCUT2D eigenvalue weighted by atomic mass is 9.55. The van der Waals surface area contributed by atoms with Crippen LogP contribution in [-0.2, 0) is 0 Å². The van der Waals surface area contributed by atoms with Crippen molar-refractivity contribution in [2.75, 3.05) is 0 Å². The monoisotopic (exact) mass is 450 g/mol. The number of hydrogen-bond acceptors (Lipinski definition) is 3. The first-order valence-electron chi connectivity index (χ1n) is 13.8. The van der Waals surface area contributed by atoms with E-state index in [4.69, 9.17) is 11.5 Å². The third-order valence-electron chi connectivity index (χ3n) is 7.76. The van der Waals surface area contributed by atoms with Crippen molar-refractivity contribution in [3.63, 3.8) is 0 Å². The summed E-state index contributed by atoms with van der Waals surface area (Å²) in [6.45, 7) is 13.1. The molecule has 0 saturated carbocycles. The molecule has 0 bridgehead atoms. The largest absolute Gasteiger partial charge is 0.392 e. The zero-order valence-electron chi connectivity index (χ0n) is 22.5. The van der Waals surface area contributed by atoms with Gasteiger partial charge in [0.15, 0.2) is 0 Å². The van der Waals surface area contributed by atoms with Crippen LogP contribution < -0.4 is 11.5 Å². The van der Waals surface area contributed by atoms with Crippen molar-refractivity contribution in [1.29, 1.82) is 0 Å². The number of allylic oxidation sites excluding steroid dienone is 4. The summed E-state index contributed by atoms with van der Waals surface area (Å²) < 4.78 is 0. The Morgan fingerprint density at radius 3 is 1.28 bits per heavy atom. The molecule has 0 aliphatic heterocycles. The van der Waals surface area contributed by atoms with Gasteiger partial charge in [0.05, 0.1) is 6.10 Å². The van der Waals surface area contributed by atoms with Crippen LogP contribution in [0.2, 0.25) is 0 Å². The highest BCUT2D eigenvalue weighted by molar-refractivity contribution is 5.10. The second-order valence-electron chi connectivity index (χ2n) is 10.1. The summed E-state index contributed by atoms with van der Waals surface area (Å²) in [5.74, 6) is 0. The van der Waals surface area contributed by atoms with Crippen LogP contribution in [0, 0.1) is 10.8 Å². The van der Waals surface area contributed by atoms with Crippen molar-refractivity contribution >= 4 is 0 Å². The second-order valence-corrected chi connectivity index (χ2v) is 10.1. The molecule has 4 atom stereocenters. The van der Waals surface area contributed by atoms with Crippen LogP contribution in [0.5, 0.6) is 0 Å². The highest BCUT2D eigenvalue weighted by Gasteiger charge is 2.53. The van der Waals surface area contributed by atoms with E-state index in [9.17, 15) is 5.11 Å². The van der Waals surface area contributed by atoms with Gasteiger partial charge in [0.25, 0.3) is 0 Å². The lowest BCUT2D eigenvalue weighted by Crippen LogP contribution is -2.61. The van der Waals surface area contributed by atoms with Crippen LogP contribution in [0.25, 0.3) is 0 Å². The van der Waals surface area contributed by atoms with Crippen molar-refractivity contribution < 1.29 is 5.11 Å². The molecular formula is C29H58N2O.